The lowest BCUT2D eigenvalue weighted by molar-refractivity contribution is -0.121. The van der Waals surface area contributed by atoms with Crippen LogP contribution in [0.15, 0.2) is 47.3 Å². The summed E-state index contributed by atoms with van der Waals surface area (Å²) in [5, 5.41) is 3.77. The molecule has 4 aromatic rings. The first-order valence-corrected chi connectivity index (χ1v) is 11.1. The van der Waals surface area contributed by atoms with E-state index in [0.717, 1.165) is 22.2 Å². The molecule has 0 atom stereocenters. The van der Waals surface area contributed by atoms with Crippen LogP contribution in [0.2, 0.25) is 0 Å². The monoisotopic (exact) mass is 466 g/mol. The number of carbonyl (C=O) groups is 1. The number of fused-ring (bicyclic) bond motifs is 3. The van der Waals surface area contributed by atoms with Gasteiger partial charge >= 0.3 is 0 Å². The maximum absolute atomic E-state index is 13.0. The van der Waals surface area contributed by atoms with Crippen molar-refractivity contribution in [1.29, 1.82) is 0 Å². The molecule has 0 aliphatic heterocycles. The van der Waals surface area contributed by atoms with Crippen LogP contribution in [0.3, 0.4) is 0 Å². The molecule has 0 spiro atoms. The predicted octanol–water partition coefficient (Wildman–Crippen LogP) is 4.04. The Morgan fingerprint density at radius 1 is 1.00 bits per heavy atom. The summed E-state index contributed by atoms with van der Waals surface area (Å²) in [6, 6.07) is 13.1. The fourth-order valence-corrected chi connectivity index (χ4v) is 4.06. The van der Waals surface area contributed by atoms with Crippen LogP contribution in [0.5, 0.6) is 11.5 Å². The Morgan fingerprint density at radius 2 is 1.73 bits per heavy atom. The fourth-order valence-electron chi connectivity index (χ4n) is 3.78. The van der Waals surface area contributed by atoms with E-state index < -0.39 is 0 Å². The number of rotatable bonds is 9. The van der Waals surface area contributed by atoms with Gasteiger partial charge in [-0.1, -0.05) is 12.1 Å². The molecule has 0 fully saturated rings. The lowest BCUT2D eigenvalue weighted by Gasteiger charge is -2.08. The van der Waals surface area contributed by atoms with Gasteiger partial charge in [0.1, 0.15) is 17.0 Å². The van der Waals surface area contributed by atoms with E-state index in [0.29, 0.717) is 53.9 Å². The number of aromatic nitrogens is 3. The van der Waals surface area contributed by atoms with Crippen molar-refractivity contribution in [1.82, 2.24) is 19.9 Å². The van der Waals surface area contributed by atoms with Gasteiger partial charge in [0.15, 0.2) is 4.77 Å². The topological polar surface area (TPSA) is 101 Å². The fraction of sp³-hybridized carbons (Fsp3) is 0.292. The minimum Gasteiger partial charge on any atom is -0.497 e. The number of aromatic amines is 2. The minimum atomic E-state index is -0.173. The normalized spacial score (nSPS) is 11.1. The molecule has 0 saturated heterocycles. The number of ether oxygens (including phenoxy) is 2. The maximum Gasteiger partial charge on any atom is 0.278 e. The van der Waals surface area contributed by atoms with Crippen LogP contribution >= 0.6 is 12.2 Å². The van der Waals surface area contributed by atoms with Crippen molar-refractivity contribution in [3.05, 3.63) is 63.2 Å². The summed E-state index contributed by atoms with van der Waals surface area (Å²) in [7, 11) is 3.22. The van der Waals surface area contributed by atoms with Gasteiger partial charge in [-0.25, -0.2) is 0 Å². The number of amides is 1. The van der Waals surface area contributed by atoms with E-state index in [-0.39, 0.29) is 11.5 Å². The van der Waals surface area contributed by atoms with Crippen molar-refractivity contribution in [2.45, 2.75) is 32.4 Å². The first-order valence-electron chi connectivity index (χ1n) is 10.7. The number of carbonyl (C=O) groups excluding carboxylic acids is 1. The first-order chi connectivity index (χ1) is 16.0. The number of nitrogens with one attached hydrogen (secondary N) is 3. The molecular formula is C24H26N4O4S. The van der Waals surface area contributed by atoms with E-state index in [4.69, 9.17) is 21.7 Å². The number of methoxy groups -OCH3 is 2. The predicted molar refractivity (Wildman–Crippen MR) is 130 cm³/mol. The molecule has 3 N–H and O–H groups in total. The van der Waals surface area contributed by atoms with Crippen LogP contribution in [0.4, 0.5) is 0 Å². The zero-order chi connectivity index (χ0) is 23.4. The van der Waals surface area contributed by atoms with E-state index >= 15 is 0 Å². The zero-order valence-electron chi connectivity index (χ0n) is 18.6. The van der Waals surface area contributed by atoms with E-state index in [1.165, 1.54) is 0 Å². The third kappa shape index (κ3) is 4.93. The molecule has 9 heteroatoms. The first kappa shape index (κ1) is 22.6. The largest absolute Gasteiger partial charge is 0.497 e. The highest BCUT2D eigenvalue weighted by Crippen LogP contribution is 2.25. The lowest BCUT2D eigenvalue weighted by atomic mass is 10.2. The van der Waals surface area contributed by atoms with E-state index in [9.17, 15) is 9.59 Å². The Morgan fingerprint density at radius 3 is 2.45 bits per heavy atom. The summed E-state index contributed by atoms with van der Waals surface area (Å²) < 4.78 is 12.3. The summed E-state index contributed by atoms with van der Waals surface area (Å²) in [5.41, 5.74) is 2.82. The number of benzene rings is 2. The van der Waals surface area contributed by atoms with E-state index in [1.807, 2.05) is 42.5 Å². The molecule has 4 rings (SSSR count). The molecule has 8 nitrogen and oxygen atoms in total. The van der Waals surface area contributed by atoms with Gasteiger partial charge < -0.3 is 24.8 Å². The molecule has 2 aromatic carbocycles. The molecule has 1 amide bonds. The summed E-state index contributed by atoms with van der Waals surface area (Å²) in [6.45, 7) is 0.907. The molecule has 2 heterocycles. The summed E-state index contributed by atoms with van der Waals surface area (Å²) in [6.07, 6.45) is 1.69. The molecule has 172 valence electrons. The second kappa shape index (κ2) is 9.91. The molecule has 0 unspecified atom stereocenters. The van der Waals surface area contributed by atoms with Crippen LogP contribution in [0.25, 0.3) is 21.9 Å². The average molecular weight is 467 g/mol. The van der Waals surface area contributed by atoms with Crippen LogP contribution in [0.1, 0.15) is 24.8 Å². The molecule has 0 bridgehead atoms. The molecule has 33 heavy (non-hydrogen) atoms. The molecular weight excluding hydrogens is 440 g/mol. The summed E-state index contributed by atoms with van der Waals surface area (Å²) in [4.78, 5) is 31.5. The Hall–Kier alpha value is -3.59. The van der Waals surface area contributed by atoms with Gasteiger partial charge in [0, 0.05) is 30.4 Å². The van der Waals surface area contributed by atoms with Gasteiger partial charge in [-0.05, 0) is 61.0 Å². The molecule has 0 aliphatic rings. The highest BCUT2D eigenvalue weighted by atomic mass is 32.1. The Labute approximate surface area is 195 Å². The summed E-state index contributed by atoms with van der Waals surface area (Å²) >= 11 is 5.45. The number of hydrogen-bond donors (Lipinski definition) is 3. The number of H-pyrrole nitrogens is 2. The molecule has 0 radical (unpaired) electrons. The second-order valence-corrected chi connectivity index (χ2v) is 8.14. The van der Waals surface area contributed by atoms with Crippen molar-refractivity contribution in [2.75, 3.05) is 14.2 Å². The molecule has 2 aromatic heterocycles. The Kier molecular flexibility index (Phi) is 6.79. The van der Waals surface area contributed by atoms with Crippen molar-refractivity contribution in [2.24, 2.45) is 0 Å². The van der Waals surface area contributed by atoms with Crippen molar-refractivity contribution in [3.8, 4) is 11.5 Å². The maximum atomic E-state index is 13.0. The van der Waals surface area contributed by atoms with Crippen LogP contribution in [-0.4, -0.2) is 34.7 Å². The van der Waals surface area contributed by atoms with Crippen LogP contribution < -0.4 is 20.3 Å². The molecule has 0 aliphatic carbocycles. The van der Waals surface area contributed by atoms with Crippen LogP contribution in [-0.2, 0) is 17.9 Å². The highest BCUT2D eigenvalue weighted by Gasteiger charge is 2.12. The van der Waals surface area contributed by atoms with E-state index in [2.05, 4.69) is 15.3 Å². The standard InChI is InChI=1S/C24H26N4O4S/c1-31-16-8-6-15(7-9-16)14-25-20(29)5-3-4-12-28-23(30)22-21(27-24(28)33)18-13-17(32-2)10-11-19(18)26-22/h6-11,13,26H,3-5,12,14H2,1-2H3,(H,25,29)(H,27,33). The lowest BCUT2D eigenvalue weighted by Crippen LogP contribution is -2.24. The van der Waals surface area contributed by atoms with Crippen molar-refractivity contribution < 1.29 is 14.3 Å². The number of hydrogen-bond acceptors (Lipinski definition) is 5. The summed E-state index contributed by atoms with van der Waals surface area (Å²) in [5.74, 6) is 1.46. The van der Waals surface area contributed by atoms with Gasteiger partial charge in [0.2, 0.25) is 5.91 Å². The smallest absolute Gasteiger partial charge is 0.278 e. The molecule has 0 saturated carbocycles. The van der Waals surface area contributed by atoms with Crippen LogP contribution in [0, 0.1) is 4.77 Å². The van der Waals surface area contributed by atoms with Gasteiger partial charge in [-0.2, -0.15) is 0 Å². The third-order valence-electron chi connectivity index (χ3n) is 5.63. The number of unbranched alkanes of at least 4 members (excludes halogenated alkanes) is 1. The Bertz CT molecular complexity index is 1400. The van der Waals surface area contributed by atoms with Gasteiger partial charge in [0.05, 0.1) is 19.7 Å². The zero-order valence-corrected chi connectivity index (χ0v) is 19.4. The quantitative estimate of drug-likeness (QED) is 0.255. The number of nitrogens with zero attached hydrogens (tertiary/aromatic N) is 1. The average Bonchev–Trinajstić information content (AvgIpc) is 3.20. The second-order valence-electron chi connectivity index (χ2n) is 7.76. The van der Waals surface area contributed by atoms with Gasteiger partial charge in [-0.3, -0.25) is 14.2 Å². The van der Waals surface area contributed by atoms with Gasteiger partial charge in [0.25, 0.3) is 5.56 Å². The SMILES string of the molecule is COc1ccc(CNC(=O)CCCCn2c(=S)[nH]c3c([nH]c4ccc(OC)cc43)c2=O)cc1. The Balaban J connectivity index is 1.36. The van der Waals surface area contributed by atoms with Gasteiger partial charge in [-0.15, -0.1) is 0 Å². The van der Waals surface area contributed by atoms with Crippen molar-refractivity contribution >= 4 is 40.1 Å². The van der Waals surface area contributed by atoms with E-state index in [1.54, 1.807) is 18.8 Å². The van der Waals surface area contributed by atoms with Crippen molar-refractivity contribution in [3.63, 3.8) is 0 Å². The highest BCUT2D eigenvalue weighted by molar-refractivity contribution is 7.71. The minimum absolute atomic E-state index is 0.0247. The third-order valence-corrected chi connectivity index (χ3v) is 5.95.